The SMILES string of the molecule is COc1ccc2c(c1)/C(=N/Nc1ccc([N+](=O)[O-])cc1[N+](=O)[O-])C2. The largest absolute Gasteiger partial charge is 0.497 e. The molecule has 0 heterocycles. The van der Waals surface area contributed by atoms with E-state index < -0.39 is 15.5 Å². The number of nitro groups is 2. The number of non-ortho nitro benzene ring substituents is 1. The summed E-state index contributed by atoms with van der Waals surface area (Å²) in [6.45, 7) is 0. The summed E-state index contributed by atoms with van der Waals surface area (Å²) in [5.41, 5.74) is 4.71. The molecule has 0 aliphatic heterocycles. The fourth-order valence-electron chi connectivity index (χ4n) is 2.38. The first-order chi connectivity index (χ1) is 11.5. The van der Waals surface area contributed by atoms with Gasteiger partial charge >= 0.3 is 5.69 Å². The van der Waals surface area contributed by atoms with E-state index in [1.165, 1.54) is 12.1 Å². The van der Waals surface area contributed by atoms with Gasteiger partial charge in [0.2, 0.25) is 0 Å². The smallest absolute Gasteiger partial charge is 0.301 e. The first-order valence-electron chi connectivity index (χ1n) is 6.92. The first kappa shape index (κ1) is 15.4. The Morgan fingerprint density at radius 2 is 1.92 bits per heavy atom. The molecule has 122 valence electrons. The van der Waals surface area contributed by atoms with E-state index in [9.17, 15) is 20.2 Å². The number of ether oxygens (including phenoxy) is 1. The molecule has 2 aromatic carbocycles. The summed E-state index contributed by atoms with van der Waals surface area (Å²) < 4.78 is 5.15. The number of nitrogens with one attached hydrogen (secondary N) is 1. The summed E-state index contributed by atoms with van der Waals surface area (Å²) >= 11 is 0. The van der Waals surface area contributed by atoms with Crippen molar-refractivity contribution in [2.45, 2.75) is 6.42 Å². The zero-order valence-corrected chi connectivity index (χ0v) is 12.6. The molecule has 1 N–H and O–H groups in total. The van der Waals surface area contributed by atoms with E-state index in [1.54, 1.807) is 7.11 Å². The molecule has 0 bridgehead atoms. The molecule has 3 rings (SSSR count). The van der Waals surface area contributed by atoms with Gasteiger partial charge in [0.1, 0.15) is 11.4 Å². The van der Waals surface area contributed by atoms with Crippen LogP contribution in [0.1, 0.15) is 11.1 Å². The summed E-state index contributed by atoms with van der Waals surface area (Å²) in [5, 5.41) is 26.0. The summed E-state index contributed by atoms with van der Waals surface area (Å²) in [7, 11) is 1.57. The molecule has 0 unspecified atom stereocenters. The number of hydrazone groups is 1. The number of nitrogens with zero attached hydrogens (tertiary/aromatic N) is 3. The van der Waals surface area contributed by atoms with Crippen LogP contribution < -0.4 is 10.2 Å². The van der Waals surface area contributed by atoms with Crippen molar-refractivity contribution in [2.75, 3.05) is 12.5 Å². The quantitative estimate of drug-likeness (QED) is 0.665. The van der Waals surface area contributed by atoms with Gasteiger partial charge in [0.05, 0.1) is 28.7 Å². The molecule has 0 radical (unpaired) electrons. The second kappa shape index (κ2) is 5.95. The van der Waals surface area contributed by atoms with Gasteiger partial charge in [-0.25, -0.2) is 0 Å². The average Bonchev–Trinajstić information content (AvgIpc) is 2.55. The third-order valence-corrected chi connectivity index (χ3v) is 3.69. The second-order valence-electron chi connectivity index (χ2n) is 5.09. The first-order valence-corrected chi connectivity index (χ1v) is 6.92. The molecule has 0 fully saturated rings. The molecular weight excluding hydrogens is 316 g/mol. The Balaban J connectivity index is 1.87. The lowest BCUT2D eigenvalue weighted by Crippen LogP contribution is -2.21. The van der Waals surface area contributed by atoms with E-state index in [2.05, 4.69) is 10.5 Å². The predicted octanol–water partition coefficient (Wildman–Crippen LogP) is 2.88. The fraction of sp³-hybridized carbons (Fsp3) is 0.133. The van der Waals surface area contributed by atoms with Crippen molar-refractivity contribution in [2.24, 2.45) is 5.10 Å². The normalized spacial score (nSPS) is 13.8. The van der Waals surface area contributed by atoms with Gasteiger partial charge in [-0.1, -0.05) is 6.07 Å². The highest BCUT2D eigenvalue weighted by atomic mass is 16.6. The van der Waals surface area contributed by atoms with Crippen LogP contribution in [0.3, 0.4) is 0 Å². The molecule has 0 spiro atoms. The molecule has 0 saturated carbocycles. The van der Waals surface area contributed by atoms with Crippen LogP contribution in [0.4, 0.5) is 17.1 Å². The van der Waals surface area contributed by atoms with Gasteiger partial charge in [0.25, 0.3) is 5.69 Å². The minimum Gasteiger partial charge on any atom is -0.497 e. The number of hydrogen-bond donors (Lipinski definition) is 1. The van der Waals surface area contributed by atoms with E-state index in [4.69, 9.17) is 4.74 Å². The van der Waals surface area contributed by atoms with Crippen LogP contribution in [0, 0.1) is 20.2 Å². The van der Waals surface area contributed by atoms with E-state index in [1.807, 2.05) is 18.2 Å². The van der Waals surface area contributed by atoms with Crippen molar-refractivity contribution in [1.29, 1.82) is 0 Å². The number of methoxy groups -OCH3 is 1. The number of fused-ring (bicyclic) bond motifs is 1. The third-order valence-electron chi connectivity index (χ3n) is 3.69. The highest BCUT2D eigenvalue weighted by molar-refractivity contribution is 6.10. The van der Waals surface area contributed by atoms with Gasteiger partial charge in [-0.3, -0.25) is 25.7 Å². The zero-order valence-electron chi connectivity index (χ0n) is 12.6. The van der Waals surface area contributed by atoms with Gasteiger partial charge in [0.15, 0.2) is 0 Å². The molecular formula is C15H12N4O5. The summed E-state index contributed by atoms with van der Waals surface area (Å²) in [5.74, 6) is 0.697. The highest BCUT2D eigenvalue weighted by Gasteiger charge is 2.23. The average molecular weight is 328 g/mol. The Kier molecular flexibility index (Phi) is 3.82. The van der Waals surface area contributed by atoms with Crippen molar-refractivity contribution in [1.82, 2.24) is 0 Å². The molecule has 2 aromatic rings. The van der Waals surface area contributed by atoms with E-state index in [-0.39, 0.29) is 11.4 Å². The predicted molar refractivity (Wildman–Crippen MR) is 86.6 cm³/mol. The Bertz CT molecular complexity index is 878. The number of rotatable bonds is 5. The van der Waals surface area contributed by atoms with Crippen LogP contribution in [0.15, 0.2) is 41.5 Å². The van der Waals surface area contributed by atoms with Gasteiger partial charge < -0.3 is 4.74 Å². The minimum absolute atomic E-state index is 0.0921. The lowest BCUT2D eigenvalue weighted by atomic mass is 9.86. The lowest BCUT2D eigenvalue weighted by Gasteiger charge is -2.21. The summed E-state index contributed by atoms with van der Waals surface area (Å²) in [4.78, 5) is 20.4. The maximum Gasteiger partial charge on any atom is 0.301 e. The Hall–Kier alpha value is -3.49. The number of benzene rings is 2. The molecule has 1 aliphatic rings. The summed E-state index contributed by atoms with van der Waals surface area (Å²) in [6, 6.07) is 8.98. The molecule has 0 atom stereocenters. The molecule has 1 aliphatic carbocycles. The molecule has 0 aromatic heterocycles. The highest BCUT2D eigenvalue weighted by Crippen LogP contribution is 2.31. The van der Waals surface area contributed by atoms with E-state index >= 15 is 0 Å². The molecule has 9 heteroatoms. The van der Waals surface area contributed by atoms with Gasteiger partial charge in [0, 0.05) is 18.1 Å². The second-order valence-corrected chi connectivity index (χ2v) is 5.09. The van der Waals surface area contributed by atoms with Crippen LogP contribution in [-0.4, -0.2) is 22.7 Å². The maximum absolute atomic E-state index is 11.1. The molecule has 0 amide bonds. The zero-order chi connectivity index (χ0) is 17.3. The number of hydrogen-bond acceptors (Lipinski definition) is 7. The number of anilines is 1. The standard InChI is InChI=1S/C15H12N4O5/c1-24-11-4-2-9-6-14(12(9)8-11)17-16-13-5-3-10(18(20)21)7-15(13)19(22)23/h2-5,7-8,16H,6H2,1H3/b17-14+. The van der Waals surface area contributed by atoms with Crippen LogP contribution in [0.2, 0.25) is 0 Å². The van der Waals surface area contributed by atoms with Crippen molar-refractivity contribution in [3.63, 3.8) is 0 Å². The van der Waals surface area contributed by atoms with Crippen LogP contribution in [0.25, 0.3) is 0 Å². The van der Waals surface area contributed by atoms with E-state index in [0.717, 1.165) is 22.9 Å². The number of nitro benzene ring substituents is 2. The monoisotopic (exact) mass is 328 g/mol. The van der Waals surface area contributed by atoms with Crippen LogP contribution >= 0.6 is 0 Å². The molecule has 24 heavy (non-hydrogen) atoms. The Labute approximate surface area is 135 Å². The van der Waals surface area contributed by atoms with Crippen molar-refractivity contribution in [3.05, 3.63) is 67.8 Å². The lowest BCUT2D eigenvalue weighted by molar-refractivity contribution is -0.393. The van der Waals surface area contributed by atoms with Gasteiger partial charge in [-0.15, -0.1) is 0 Å². The maximum atomic E-state index is 11.1. The fourth-order valence-corrected chi connectivity index (χ4v) is 2.38. The van der Waals surface area contributed by atoms with Crippen molar-refractivity contribution in [3.8, 4) is 5.75 Å². The van der Waals surface area contributed by atoms with E-state index in [0.29, 0.717) is 12.2 Å². The molecule has 0 saturated heterocycles. The van der Waals surface area contributed by atoms with Gasteiger partial charge in [-0.05, 0) is 23.8 Å². The van der Waals surface area contributed by atoms with Crippen molar-refractivity contribution >= 4 is 22.8 Å². The topological polar surface area (TPSA) is 120 Å². The Morgan fingerprint density at radius 3 is 2.58 bits per heavy atom. The Morgan fingerprint density at radius 1 is 1.12 bits per heavy atom. The van der Waals surface area contributed by atoms with Crippen LogP contribution in [-0.2, 0) is 6.42 Å². The third kappa shape index (κ3) is 2.74. The van der Waals surface area contributed by atoms with Gasteiger partial charge in [-0.2, -0.15) is 5.10 Å². The summed E-state index contributed by atoms with van der Waals surface area (Å²) in [6.07, 6.45) is 0.632. The minimum atomic E-state index is -0.687. The van der Waals surface area contributed by atoms with Crippen molar-refractivity contribution < 1.29 is 14.6 Å². The molecule has 9 nitrogen and oxygen atoms in total. The van der Waals surface area contributed by atoms with Crippen LogP contribution in [0.5, 0.6) is 5.75 Å².